The zero-order chi connectivity index (χ0) is 19.6. The first-order chi connectivity index (χ1) is 14.3. The third-order valence-electron chi connectivity index (χ3n) is 5.80. The Bertz CT molecular complexity index is 976. The van der Waals surface area contributed by atoms with Crippen LogP contribution in [-0.2, 0) is 11.3 Å². The van der Waals surface area contributed by atoms with Gasteiger partial charge in [-0.3, -0.25) is 0 Å². The van der Waals surface area contributed by atoms with Crippen molar-refractivity contribution in [1.82, 2.24) is 19.5 Å². The summed E-state index contributed by atoms with van der Waals surface area (Å²) in [5.41, 5.74) is 2.96. The number of hydrogen-bond acceptors (Lipinski definition) is 7. The number of benzene rings is 1. The van der Waals surface area contributed by atoms with Gasteiger partial charge in [-0.05, 0) is 25.0 Å². The van der Waals surface area contributed by atoms with Gasteiger partial charge >= 0.3 is 0 Å². The second kappa shape index (κ2) is 7.87. The Morgan fingerprint density at radius 1 is 1.10 bits per heavy atom. The van der Waals surface area contributed by atoms with Crippen LogP contribution in [-0.4, -0.2) is 65.5 Å². The van der Waals surface area contributed by atoms with Crippen LogP contribution in [0.1, 0.15) is 12.8 Å². The summed E-state index contributed by atoms with van der Waals surface area (Å²) >= 11 is 0. The van der Waals surface area contributed by atoms with Crippen molar-refractivity contribution in [1.29, 1.82) is 0 Å². The summed E-state index contributed by atoms with van der Waals surface area (Å²) in [6, 6.07) is 8.23. The Balaban J connectivity index is 1.32. The quantitative estimate of drug-likeness (QED) is 0.658. The lowest BCUT2D eigenvalue weighted by Gasteiger charge is -2.36. The van der Waals surface area contributed by atoms with Crippen molar-refractivity contribution in [2.75, 3.05) is 49.7 Å². The van der Waals surface area contributed by atoms with E-state index >= 15 is 0 Å². The molecule has 1 unspecified atom stereocenters. The summed E-state index contributed by atoms with van der Waals surface area (Å²) in [6.45, 7) is 5.29. The van der Waals surface area contributed by atoms with Gasteiger partial charge in [0, 0.05) is 44.5 Å². The average Bonchev–Trinajstić information content (AvgIpc) is 3.44. The minimum absolute atomic E-state index is 0.261. The van der Waals surface area contributed by atoms with E-state index in [0.29, 0.717) is 0 Å². The van der Waals surface area contributed by atoms with Crippen LogP contribution in [0.3, 0.4) is 0 Å². The van der Waals surface area contributed by atoms with Crippen molar-refractivity contribution in [3.8, 4) is 5.75 Å². The largest absolute Gasteiger partial charge is 0.497 e. The van der Waals surface area contributed by atoms with Crippen molar-refractivity contribution in [3.63, 3.8) is 0 Å². The minimum Gasteiger partial charge on any atom is -0.497 e. The van der Waals surface area contributed by atoms with E-state index in [0.717, 1.165) is 74.9 Å². The van der Waals surface area contributed by atoms with Crippen molar-refractivity contribution in [2.24, 2.45) is 0 Å². The van der Waals surface area contributed by atoms with Crippen molar-refractivity contribution >= 4 is 22.7 Å². The average molecular weight is 394 g/mol. The van der Waals surface area contributed by atoms with Gasteiger partial charge in [-0.25, -0.2) is 15.0 Å². The second-order valence-corrected chi connectivity index (χ2v) is 7.58. The summed E-state index contributed by atoms with van der Waals surface area (Å²) in [5, 5.41) is 0. The monoisotopic (exact) mass is 394 g/mol. The molecule has 0 aliphatic carbocycles. The molecule has 2 saturated heterocycles. The molecule has 0 bridgehead atoms. The molecule has 8 nitrogen and oxygen atoms in total. The number of aromatic nitrogens is 4. The number of nitrogens with zero attached hydrogens (tertiary/aromatic N) is 6. The van der Waals surface area contributed by atoms with E-state index in [2.05, 4.69) is 41.5 Å². The molecule has 2 aliphatic rings. The van der Waals surface area contributed by atoms with Crippen LogP contribution in [0.4, 0.5) is 11.5 Å². The number of ether oxygens (including phenoxy) is 2. The van der Waals surface area contributed by atoms with Gasteiger partial charge in [0.15, 0.2) is 17.0 Å². The maximum Gasteiger partial charge on any atom is 0.165 e. The highest BCUT2D eigenvalue weighted by molar-refractivity contribution is 5.83. The summed E-state index contributed by atoms with van der Waals surface area (Å²) in [5.74, 6) is 1.81. The van der Waals surface area contributed by atoms with Crippen LogP contribution in [0.15, 0.2) is 36.9 Å². The summed E-state index contributed by atoms with van der Waals surface area (Å²) in [6.07, 6.45) is 6.02. The third kappa shape index (κ3) is 3.60. The number of methoxy groups -OCH3 is 1. The molecular formula is C21H26N6O2. The molecule has 8 heteroatoms. The van der Waals surface area contributed by atoms with Crippen molar-refractivity contribution in [3.05, 3.63) is 36.9 Å². The summed E-state index contributed by atoms with van der Waals surface area (Å²) < 4.78 is 13.2. The topological polar surface area (TPSA) is 68.5 Å². The maximum absolute atomic E-state index is 5.78. The zero-order valence-corrected chi connectivity index (χ0v) is 16.7. The Labute approximate surface area is 170 Å². The summed E-state index contributed by atoms with van der Waals surface area (Å²) in [4.78, 5) is 18.4. The van der Waals surface area contributed by atoms with E-state index in [1.807, 2.05) is 18.5 Å². The van der Waals surface area contributed by atoms with Crippen LogP contribution >= 0.6 is 0 Å². The van der Waals surface area contributed by atoms with E-state index in [1.54, 1.807) is 13.4 Å². The molecule has 0 saturated carbocycles. The highest BCUT2D eigenvalue weighted by Crippen LogP contribution is 2.26. The minimum atomic E-state index is 0.261. The Morgan fingerprint density at radius 2 is 1.97 bits per heavy atom. The van der Waals surface area contributed by atoms with Gasteiger partial charge in [0.2, 0.25) is 0 Å². The SMILES string of the molecule is COc1cccc(N2CCN(c3ncnc4c3ncn4CC3CCCO3)CC2)c1. The molecule has 0 spiro atoms. The first-order valence-corrected chi connectivity index (χ1v) is 10.2. The van der Waals surface area contributed by atoms with Crippen molar-refractivity contribution < 1.29 is 9.47 Å². The predicted octanol–water partition coefficient (Wildman–Crippen LogP) is 2.34. The van der Waals surface area contributed by atoms with Gasteiger partial charge in [-0.2, -0.15) is 0 Å². The third-order valence-corrected chi connectivity index (χ3v) is 5.80. The van der Waals surface area contributed by atoms with E-state index in [-0.39, 0.29) is 6.10 Å². The number of piperazine rings is 1. The van der Waals surface area contributed by atoms with E-state index < -0.39 is 0 Å². The summed E-state index contributed by atoms with van der Waals surface area (Å²) in [7, 11) is 1.70. The molecule has 5 rings (SSSR count). The number of rotatable bonds is 5. The lowest BCUT2D eigenvalue weighted by Crippen LogP contribution is -2.47. The first kappa shape index (κ1) is 18.2. The molecule has 2 aromatic heterocycles. The Kier molecular flexibility index (Phi) is 4.93. The lowest BCUT2D eigenvalue weighted by molar-refractivity contribution is 0.0978. The molecule has 29 heavy (non-hydrogen) atoms. The van der Waals surface area contributed by atoms with Gasteiger partial charge in [-0.1, -0.05) is 6.07 Å². The fraction of sp³-hybridized carbons (Fsp3) is 0.476. The molecule has 0 N–H and O–H groups in total. The maximum atomic E-state index is 5.78. The normalized spacial score (nSPS) is 19.8. The molecule has 2 fully saturated rings. The lowest BCUT2D eigenvalue weighted by atomic mass is 10.2. The van der Waals surface area contributed by atoms with E-state index in [1.165, 1.54) is 5.69 Å². The van der Waals surface area contributed by atoms with E-state index in [9.17, 15) is 0 Å². The standard InChI is InChI=1S/C21H26N6O2/c1-28-17-5-2-4-16(12-17)25-7-9-26(10-8-25)20-19-21(23-14-22-20)27(15-24-19)13-18-6-3-11-29-18/h2,4-5,12,14-15,18H,3,6-11,13H2,1H3. The molecule has 1 atom stereocenters. The number of anilines is 2. The van der Waals surface area contributed by atoms with Crippen LogP contribution in [0.25, 0.3) is 11.2 Å². The van der Waals surface area contributed by atoms with Gasteiger partial charge in [0.05, 0.1) is 26.1 Å². The predicted molar refractivity (Wildman–Crippen MR) is 112 cm³/mol. The van der Waals surface area contributed by atoms with Gasteiger partial charge in [-0.15, -0.1) is 0 Å². The van der Waals surface area contributed by atoms with Crippen LogP contribution < -0.4 is 14.5 Å². The van der Waals surface area contributed by atoms with Crippen LogP contribution in [0.2, 0.25) is 0 Å². The molecule has 4 heterocycles. The van der Waals surface area contributed by atoms with E-state index in [4.69, 9.17) is 9.47 Å². The highest BCUT2D eigenvalue weighted by Gasteiger charge is 2.23. The molecular weight excluding hydrogens is 368 g/mol. The molecule has 2 aliphatic heterocycles. The van der Waals surface area contributed by atoms with Gasteiger partial charge < -0.3 is 23.8 Å². The first-order valence-electron chi connectivity index (χ1n) is 10.2. The zero-order valence-electron chi connectivity index (χ0n) is 16.7. The van der Waals surface area contributed by atoms with Crippen LogP contribution in [0, 0.1) is 0 Å². The number of imidazole rings is 1. The van der Waals surface area contributed by atoms with Crippen LogP contribution in [0.5, 0.6) is 5.75 Å². The molecule has 0 amide bonds. The van der Waals surface area contributed by atoms with Crippen molar-refractivity contribution in [2.45, 2.75) is 25.5 Å². The molecule has 152 valence electrons. The molecule has 0 radical (unpaired) electrons. The fourth-order valence-corrected chi connectivity index (χ4v) is 4.22. The Hall–Kier alpha value is -2.87. The number of hydrogen-bond donors (Lipinski definition) is 0. The van der Waals surface area contributed by atoms with Gasteiger partial charge in [0.1, 0.15) is 12.1 Å². The Morgan fingerprint density at radius 3 is 2.76 bits per heavy atom. The molecule has 1 aromatic carbocycles. The fourth-order valence-electron chi connectivity index (χ4n) is 4.22. The second-order valence-electron chi connectivity index (χ2n) is 7.58. The highest BCUT2D eigenvalue weighted by atomic mass is 16.5. The molecule has 3 aromatic rings. The number of fused-ring (bicyclic) bond motifs is 1. The van der Waals surface area contributed by atoms with Gasteiger partial charge in [0.25, 0.3) is 0 Å². The smallest absolute Gasteiger partial charge is 0.165 e.